The molecule has 8 heteroatoms. The van der Waals surface area contributed by atoms with Gasteiger partial charge in [-0.05, 0) is 36.4 Å². The smallest absolute Gasteiger partial charge is 0.349 e. The molecule has 4 rings (SSSR count). The van der Waals surface area contributed by atoms with Crippen LogP contribution in [0.2, 0.25) is 5.02 Å². The maximum Gasteiger partial charge on any atom is 0.349 e. The maximum absolute atomic E-state index is 12.8. The Bertz CT molecular complexity index is 1300. The van der Waals surface area contributed by atoms with Gasteiger partial charge in [-0.3, -0.25) is 4.79 Å². The van der Waals surface area contributed by atoms with Gasteiger partial charge in [0.05, 0.1) is 11.9 Å². The molecule has 0 aliphatic heterocycles. The predicted molar refractivity (Wildman–Crippen MR) is 104 cm³/mol. The average Bonchev–Trinajstić information content (AvgIpc) is 3.11. The Balaban J connectivity index is 1.76. The summed E-state index contributed by atoms with van der Waals surface area (Å²) in [6.45, 7) is 0. The lowest BCUT2D eigenvalue weighted by Crippen LogP contribution is -2.22. The van der Waals surface area contributed by atoms with E-state index < -0.39 is 11.5 Å². The monoisotopic (exact) mass is 390 g/mol. The average molecular weight is 391 g/mol. The first-order valence-corrected chi connectivity index (χ1v) is 8.53. The van der Waals surface area contributed by atoms with Crippen LogP contribution in [0.25, 0.3) is 16.7 Å². The van der Waals surface area contributed by atoms with Gasteiger partial charge < -0.3 is 9.73 Å². The summed E-state index contributed by atoms with van der Waals surface area (Å²) < 4.78 is 6.61. The quantitative estimate of drug-likeness (QED) is 0.537. The Morgan fingerprint density at radius 3 is 2.71 bits per heavy atom. The van der Waals surface area contributed by atoms with E-state index in [1.54, 1.807) is 42.5 Å². The van der Waals surface area contributed by atoms with Crippen LogP contribution in [0, 0.1) is 11.3 Å². The number of nitriles is 1. The Kier molecular flexibility index (Phi) is 4.39. The minimum absolute atomic E-state index is 0.157. The molecule has 2 heterocycles. The molecule has 0 aliphatic carbocycles. The number of para-hydroxylation sites is 1. The number of anilines is 1. The third-order valence-corrected chi connectivity index (χ3v) is 4.30. The topological polar surface area (TPSA) is 101 Å². The van der Waals surface area contributed by atoms with Crippen molar-refractivity contribution in [2.45, 2.75) is 0 Å². The van der Waals surface area contributed by atoms with Gasteiger partial charge in [0.25, 0.3) is 5.91 Å². The summed E-state index contributed by atoms with van der Waals surface area (Å²) in [5.74, 6) is -0.561. The van der Waals surface area contributed by atoms with Gasteiger partial charge in [0.2, 0.25) is 0 Å². The maximum atomic E-state index is 12.8. The molecule has 0 spiro atoms. The lowest BCUT2D eigenvalue weighted by Gasteiger charge is -2.09. The number of carbonyl (C=O) groups excluding carboxylic acids is 1. The van der Waals surface area contributed by atoms with E-state index in [9.17, 15) is 14.9 Å². The van der Waals surface area contributed by atoms with E-state index in [0.29, 0.717) is 21.7 Å². The minimum Gasteiger partial charge on any atom is -0.422 e. The molecule has 1 amide bonds. The molecule has 4 aromatic rings. The summed E-state index contributed by atoms with van der Waals surface area (Å²) in [6.07, 6.45) is 1.34. The zero-order valence-corrected chi connectivity index (χ0v) is 15.0. The second-order valence-electron chi connectivity index (χ2n) is 5.85. The van der Waals surface area contributed by atoms with Crippen LogP contribution in [0.15, 0.2) is 70.0 Å². The second-order valence-corrected chi connectivity index (χ2v) is 6.29. The highest BCUT2D eigenvalue weighted by Gasteiger charge is 2.19. The molecule has 2 aromatic carbocycles. The lowest BCUT2D eigenvalue weighted by molar-refractivity contribution is 0.102. The number of aromatic nitrogens is 2. The molecule has 136 valence electrons. The zero-order chi connectivity index (χ0) is 19.7. The highest BCUT2D eigenvalue weighted by Crippen LogP contribution is 2.22. The summed E-state index contributed by atoms with van der Waals surface area (Å²) in [6, 6.07) is 17.1. The number of halogens is 1. The van der Waals surface area contributed by atoms with E-state index in [2.05, 4.69) is 10.4 Å². The third kappa shape index (κ3) is 3.13. The molecule has 0 bridgehead atoms. The van der Waals surface area contributed by atoms with Crippen molar-refractivity contribution in [3.8, 4) is 11.8 Å². The van der Waals surface area contributed by atoms with E-state index in [-0.39, 0.29) is 16.9 Å². The van der Waals surface area contributed by atoms with Gasteiger partial charge >= 0.3 is 5.63 Å². The molecule has 2 aromatic heterocycles. The summed E-state index contributed by atoms with van der Waals surface area (Å²) in [7, 11) is 0. The summed E-state index contributed by atoms with van der Waals surface area (Å²) in [5, 5.41) is 17.0. The van der Waals surface area contributed by atoms with Crippen molar-refractivity contribution in [1.29, 1.82) is 5.26 Å². The number of nitrogens with zero attached hydrogens (tertiary/aromatic N) is 3. The molecule has 7 nitrogen and oxygen atoms in total. The Labute approximate surface area is 163 Å². The number of carbonyl (C=O) groups is 1. The summed E-state index contributed by atoms with van der Waals surface area (Å²) in [4.78, 5) is 25.0. The molecule has 0 aliphatic rings. The van der Waals surface area contributed by atoms with Gasteiger partial charge in [-0.2, -0.15) is 10.4 Å². The number of hydrogen-bond acceptors (Lipinski definition) is 5. The van der Waals surface area contributed by atoms with Crippen LogP contribution >= 0.6 is 11.6 Å². The molecule has 0 radical (unpaired) electrons. The van der Waals surface area contributed by atoms with Crippen LogP contribution in [0.1, 0.15) is 15.9 Å². The van der Waals surface area contributed by atoms with Gasteiger partial charge in [-0.15, -0.1) is 0 Å². The molecule has 0 saturated carbocycles. The van der Waals surface area contributed by atoms with Crippen molar-refractivity contribution in [3.05, 3.63) is 87.4 Å². The van der Waals surface area contributed by atoms with Crippen LogP contribution in [0.5, 0.6) is 0 Å². The molecule has 0 fully saturated rings. The van der Waals surface area contributed by atoms with Crippen molar-refractivity contribution < 1.29 is 9.21 Å². The SMILES string of the molecule is N#Cc1cnn(-c2ccccc2)c1NC(=O)c1cc2cc(Cl)ccc2oc1=O. The number of amides is 1. The molecule has 28 heavy (non-hydrogen) atoms. The normalized spacial score (nSPS) is 10.6. The lowest BCUT2D eigenvalue weighted by atomic mass is 10.1. The fourth-order valence-corrected chi connectivity index (χ4v) is 2.92. The molecule has 0 atom stereocenters. The number of rotatable bonds is 3. The molecule has 0 saturated heterocycles. The van der Waals surface area contributed by atoms with Crippen LogP contribution in [-0.4, -0.2) is 15.7 Å². The Hall–Kier alpha value is -3.89. The highest BCUT2D eigenvalue weighted by molar-refractivity contribution is 6.31. The van der Waals surface area contributed by atoms with Crippen molar-refractivity contribution in [2.75, 3.05) is 5.32 Å². The first-order valence-electron chi connectivity index (χ1n) is 8.15. The fourth-order valence-electron chi connectivity index (χ4n) is 2.74. The number of benzene rings is 2. The van der Waals surface area contributed by atoms with Gasteiger partial charge in [0.1, 0.15) is 22.8 Å². The standard InChI is InChI=1S/C20H11ClN4O3/c21-14-6-7-17-12(8-14)9-16(20(27)28-17)19(26)24-18-13(10-22)11-23-25(18)15-4-2-1-3-5-15/h1-9,11H,(H,24,26). The highest BCUT2D eigenvalue weighted by atomic mass is 35.5. The summed E-state index contributed by atoms with van der Waals surface area (Å²) in [5.41, 5.74) is 0.121. The van der Waals surface area contributed by atoms with E-state index in [1.165, 1.54) is 16.9 Å². The van der Waals surface area contributed by atoms with Crippen LogP contribution < -0.4 is 10.9 Å². The van der Waals surface area contributed by atoms with Gasteiger partial charge in [-0.1, -0.05) is 29.8 Å². The number of nitrogens with one attached hydrogen (secondary N) is 1. The van der Waals surface area contributed by atoms with Crippen LogP contribution in [-0.2, 0) is 0 Å². The number of hydrogen-bond donors (Lipinski definition) is 1. The van der Waals surface area contributed by atoms with E-state index in [1.807, 2.05) is 12.1 Å². The second kappa shape index (κ2) is 7.02. The minimum atomic E-state index is -0.795. The number of fused-ring (bicyclic) bond motifs is 1. The zero-order valence-electron chi connectivity index (χ0n) is 14.2. The molecule has 1 N–H and O–H groups in total. The van der Waals surface area contributed by atoms with Gasteiger partial charge in [0, 0.05) is 10.4 Å². The fraction of sp³-hybridized carbons (Fsp3) is 0. The Morgan fingerprint density at radius 2 is 1.96 bits per heavy atom. The van der Waals surface area contributed by atoms with Crippen molar-refractivity contribution >= 4 is 34.3 Å². The van der Waals surface area contributed by atoms with Gasteiger partial charge in [-0.25, -0.2) is 9.48 Å². The summed E-state index contributed by atoms with van der Waals surface area (Å²) >= 11 is 5.97. The first-order chi connectivity index (χ1) is 13.6. The molecular weight excluding hydrogens is 380 g/mol. The molecule has 0 unspecified atom stereocenters. The van der Waals surface area contributed by atoms with E-state index in [0.717, 1.165) is 0 Å². The van der Waals surface area contributed by atoms with Crippen LogP contribution in [0.4, 0.5) is 5.82 Å². The van der Waals surface area contributed by atoms with Crippen molar-refractivity contribution in [3.63, 3.8) is 0 Å². The van der Waals surface area contributed by atoms with Gasteiger partial charge in [0.15, 0.2) is 5.82 Å². The van der Waals surface area contributed by atoms with E-state index >= 15 is 0 Å². The van der Waals surface area contributed by atoms with Crippen molar-refractivity contribution in [1.82, 2.24) is 9.78 Å². The molecular formula is C20H11ClN4O3. The third-order valence-electron chi connectivity index (χ3n) is 4.06. The predicted octanol–water partition coefficient (Wildman–Crippen LogP) is 3.76. The van der Waals surface area contributed by atoms with Crippen molar-refractivity contribution in [2.24, 2.45) is 0 Å². The Morgan fingerprint density at radius 1 is 1.18 bits per heavy atom. The van der Waals surface area contributed by atoms with Crippen LogP contribution in [0.3, 0.4) is 0 Å². The van der Waals surface area contributed by atoms with E-state index in [4.69, 9.17) is 16.0 Å². The largest absolute Gasteiger partial charge is 0.422 e. The first kappa shape index (κ1) is 17.5.